The molecule has 3 rings (SSSR count). The van der Waals surface area contributed by atoms with Crippen LogP contribution in [0.3, 0.4) is 0 Å². The number of pyridine rings is 1. The summed E-state index contributed by atoms with van der Waals surface area (Å²) in [6, 6.07) is 19.1. The first-order chi connectivity index (χ1) is 17.0. The van der Waals surface area contributed by atoms with Crippen molar-refractivity contribution >= 4 is 24.5 Å². The number of aromatic hydroxyl groups is 1. The molecule has 0 saturated heterocycles. The number of aromatic nitrogens is 1. The third-order valence-electron chi connectivity index (χ3n) is 4.43. The molecular weight excluding hydrogens is 450 g/mol. The van der Waals surface area contributed by atoms with Gasteiger partial charge in [0.1, 0.15) is 11.5 Å². The zero-order valence-corrected chi connectivity index (χ0v) is 19.4. The fourth-order valence-corrected chi connectivity index (χ4v) is 2.61. The minimum absolute atomic E-state index is 0.0790. The average Bonchev–Trinajstić information content (AvgIpc) is 2.89. The monoisotopic (exact) mass is 479 g/mol. The van der Waals surface area contributed by atoms with Crippen molar-refractivity contribution in [2.75, 3.05) is 20.2 Å². The summed E-state index contributed by atoms with van der Waals surface area (Å²) in [6.45, 7) is 1.02. The van der Waals surface area contributed by atoms with Crippen LogP contribution in [0.25, 0.3) is 0 Å². The molecule has 184 valence electrons. The molecule has 0 aliphatic rings. The summed E-state index contributed by atoms with van der Waals surface area (Å²) in [4.78, 5) is 31.2. The Kier molecular flexibility index (Phi) is 11.8. The van der Waals surface area contributed by atoms with Crippen molar-refractivity contribution in [1.29, 1.82) is 0 Å². The lowest BCUT2D eigenvalue weighted by Crippen LogP contribution is -2.37. The Morgan fingerprint density at radius 2 is 1.86 bits per heavy atom. The quantitative estimate of drug-likeness (QED) is 0.200. The van der Waals surface area contributed by atoms with E-state index in [9.17, 15) is 9.59 Å². The minimum Gasteiger partial charge on any atom is -0.508 e. The van der Waals surface area contributed by atoms with Gasteiger partial charge < -0.3 is 30.5 Å². The van der Waals surface area contributed by atoms with Crippen LogP contribution in [0.4, 0.5) is 10.5 Å². The first-order valence-electron chi connectivity index (χ1n) is 10.8. The number of carbonyl (C=O) groups excluding carboxylic acids is 2. The standard InChI is InChI=1S/C13H11N3O2.C12H18N2O3/c17-10-14-9-16-11-4-6-12(7-5-11)18-13-3-1-2-8-15-13;1-14(7-2-8-15)12(17)13-9-10-3-5-11(16)6-4-10/h1-10H,(H,14,16,17);3-6,15-16H,2,7-9H2,1H3,(H,13,17). The number of phenolic OH excluding ortho intramolecular Hbond substituents is 1. The van der Waals surface area contributed by atoms with E-state index >= 15 is 0 Å². The Hall–Kier alpha value is -4.44. The molecule has 0 unspecified atom stereocenters. The summed E-state index contributed by atoms with van der Waals surface area (Å²) < 4.78 is 5.52. The number of aliphatic imine (C=N–C) groups is 1. The van der Waals surface area contributed by atoms with Gasteiger partial charge in [-0.2, -0.15) is 0 Å². The zero-order chi connectivity index (χ0) is 25.3. The van der Waals surface area contributed by atoms with Crippen LogP contribution in [0.2, 0.25) is 0 Å². The molecule has 0 spiro atoms. The molecule has 0 aliphatic heterocycles. The van der Waals surface area contributed by atoms with E-state index in [4.69, 9.17) is 14.9 Å². The summed E-state index contributed by atoms with van der Waals surface area (Å²) in [5.74, 6) is 1.42. The molecule has 10 heteroatoms. The average molecular weight is 480 g/mol. The number of carbonyl (C=O) groups is 2. The highest BCUT2D eigenvalue weighted by Crippen LogP contribution is 2.22. The molecule has 4 N–H and O–H groups in total. The summed E-state index contributed by atoms with van der Waals surface area (Å²) in [6.07, 6.45) is 4.12. The fourth-order valence-electron chi connectivity index (χ4n) is 2.61. The van der Waals surface area contributed by atoms with E-state index in [1.807, 2.05) is 12.1 Å². The Balaban J connectivity index is 0.000000247. The molecule has 3 aromatic rings. The molecule has 0 atom stereocenters. The largest absolute Gasteiger partial charge is 0.508 e. The minimum atomic E-state index is -0.175. The lowest BCUT2D eigenvalue weighted by Gasteiger charge is -2.17. The Morgan fingerprint density at radius 1 is 1.11 bits per heavy atom. The highest BCUT2D eigenvalue weighted by molar-refractivity contribution is 5.74. The second-order valence-corrected chi connectivity index (χ2v) is 7.13. The van der Waals surface area contributed by atoms with Gasteiger partial charge in [-0.15, -0.1) is 0 Å². The predicted molar refractivity (Wildman–Crippen MR) is 133 cm³/mol. The van der Waals surface area contributed by atoms with Crippen LogP contribution >= 0.6 is 0 Å². The van der Waals surface area contributed by atoms with Gasteiger partial charge in [-0.3, -0.25) is 4.79 Å². The molecule has 0 radical (unpaired) electrons. The third-order valence-corrected chi connectivity index (χ3v) is 4.43. The highest BCUT2D eigenvalue weighted by atomic mass is 16.5. The van der Waals surface area contributed by atoms with Crippen LogP contribution in [-0.2, 0) is 11.3 Å². The number of nitrogens with one attached hydrogen (secondary N) is 2. The first kappa shape index (κ1) is 26.8. The maximum Gasteiger partial charge on any atom is 0.317 e. The molecule has 1 heterocycles. The maximum atomic E-state index is 11.6. The van der Waals surface area contributed by atoms with Crippen molar-refractivity contribution in [3.05, 3.63) is 78.5 Å². The SMILES string of the molecule is CN(CCCO)C(=O)NCc1ccc(O)cc1.O=CNC=Nc1ccc(Oc2ccccn2)cc1. The van der Waals surface area contributed by atoms with Crippen LogP contribution in [0.15, 0.2) is 77.9 Å². The van der Waals surface area contributed by atoms with E-state index < -0.39 is 0 Å². The van der Waals surface area contributed by atoms with E-state index in [0.29, 0.717) is 37.5 Å². The summed E-state index contributed by atoms with van der Waals surface area (Å²) in [5, 5.41) is 22.8. The van der Waals surface area contributed by atoms with Crippen molar-refractivity contribution < 1.29 is 24.5 Å². The van der Waals surface area contributed by atoms with Crippen molar-refractivity contribution in [3.8, 4) is 17.4 Å². The molecule has 10 nitrogen and oxygen atoms in total. The first-order valence-corrected chi connectivity index (χ1v) is 10.8. The van der Waals surface area contributed by atoms with Gasteiger partial charge in [0.15, 0.2) is 0 Å². The smallest absolute Gasteiger partial charge is 0.317 e. The summed E-state index contributed by atoms with van der Waals surface area (Å²) in [5.41, 5.74) is 1.64. The molecule has 2 aromatic carbocycles. The van der Waals surface area contributed by atoms with Gasteiger partial charge in [0.25, 0.3) is 0 Å². The number of hydrogen-bond acceptors (Lipinski definition) is 7. The second kappa shape index (κ2) is 15.4. The molecule has 0 fully saturated rings. The van der Waals surface area contributed by atoms with Crippen molar-refractivity contribution in [3.63, 3.8) is 0 Å². The highest BCUT2D eigenvalue weighted by Gasteiger charge is 2.06. The zero-order valence-electron chi connectivity index (χ0n) is 19.4. The van der Waals surface area contributed by atoms with Gasteiger partial charge in [-0.05, 0) is 54.4 Å². The Labute approximate surface area is 203 Å². The van der Waals surface area contributed by atoms with Gasteiger partial charge in [-0.25, -0.2) is 14.8 Å². The lowest BCUT2D eigenvalue weighted by atomic mass is 10.2. The third kappa shape index (κ3) is 10.8. The molecule has 0 aliphatic carbocycles. The normalized spacial score (nSPS) is 10.1. The maximum absolute atomic E-state index is 11.6. The molecule has 0 saturated carbocycles. The van der Waals surface area contributed by atoms with Crippen molar-refractivity contribution in [2.45, 2.75) is 13.0 Å². The van der Waals surface area contributed by atoms with Crippen LogP contribution in [-0.4, -0.2) is 59.1 Å². The van der Waals surface area contributed by atoms with E-state index in [2.05, 4.69) is 20.6 Å². The van der Waals surface area contributed by atoms with Gasteiger partial charge in [0, 0.05) is 39.0 Å². The Morgan fingerprint density at radius 3 is 2.49 bits per heavy atom. The van der Waals surface area contributed by atoms with Crippen LogP contribution in [0.5, 0.6) is 17.4 Å². The van der Waals surface area contributed by atoms with Gasteiger partial charge >= 0.3 is 6.03 Å². The van der Waals surface area contributed by atoms with E-state index in [-0.39, 0.29) is 18.4 Å². The lowest BCUT2D eigenvalue weighted by molar-refractivity contribution is -0.108. The molecule has 0 bridgehead atoms. The number of phenols is 1. The number of benzene rings is 2. The fraction of sp³-hybridized carbons (Fsp3) is 0.200. The number of ether oxygens (including phenoxy) is 1. The summed E-state index contributed by atoms with van der Waals surface area (Å²) >= 11 is 0. The number of hydrogen-bond donors (Lipinski definition) is 4. The molecule has 35 heavy (non-hydrogen) atoms. The second-order valence-electron chi connectivity index (χ2n) is 7.13. The number of nitrogens with zero attached hydrogens (tertiary/aromatic N) is 3. The topological polar surface area (TPSA) is 136 Å². The predicted octanol–water partition coefficient (Wildman–Crippen LogP) is 3.20. The van der Waals surface area contributed by atoms with Crippen molar-refractivity contribution in [1.82, 2.24) is 20.5 Å². The molecular formula is C25H29N5O5. The molecule has 3 amide bonds. The number of aliphatic hydroxyl groups excluding tert-OH is 1. The van der Waals surface area contributed by atoms with E-state index in [0.717, 1.165) is 11.3 Å². The Bertz CT molecular complexity index is 1040. The van der Waals surface area contributed by atoms with E-state index in [1.165, 1.54) is 11.2 Å². The number of amides is 3. The van der Waals surface area contributed by atoms with E-state index in [1.54, 1.807) is 67.8 Å². The van der Waals surface area contributed by atoms with Gasteiger partial charge in [0.2, 0.25) is 12.3 Å². The molecule has 1 aromatic heterocycles. The number of urea groups is 1. The van der Waals surface area contributed by atoms with Gasteiger partial charge in [0.05, 0.1) is 12.0 Å². The van der Waals surface area contributed by atoms with Gasteiger partial charge in [-0.1, -0.05) is 18.2 Å². The van der Waals surface area contributed by atoms with Crippen LogP contribution in [0.1, 0.15) is 12.0 Å². The number of rotatable bonds is 10. The van der Waals surface area contributed by atoms with Crippen LogP contribution < -0.4 is 15.4 Å². The van der Waals surface area contributed by atoms with Crippen LogP contribution in [0, 0.1) is 0 Å². The summed E-state index contributed by atoms with van der Waals surface area (Å²) in [7, 11) is 1.68. The van der Waals surface area contributed by atoms with Crippen molar-refractivity contribution in [2.24, 2.45) is 4.99 Å². The number of aliphatic hydroxyl groups is 1.